The number of urea groups is 1. The number of amides is 2. The van der Waals surface area contributed by atoms with Crippen molar-refractivity contribution in [1.82, 2.24) is 15.1 Å². The second-order valence-corrected chi connectivity index (χ2v) is 6.61. The van der Waals surface area contributed by atoms with E-state index in [4.69, 9.17) is 0 Å². The molecular weight excluding hydrogens is 331 g/mol. The largest absolute Gasteiger partial charge is 0.337 e. The van der Waals surface area contributed by atoms with Gasteiger partial charge in [0.25, 0.3) is 0 Å². The molecule has 2 aromatic rings. The maximum Gasteiger partial charge on any atom is 0.319 e. The van der Waals surface area contributed by atoms with Gasteiger partial charge >= 0.3 is 6.03 Å². The van der Waals surface area contributed by atoms with Gasteiger partial charge < -0.3 is 15.5 Å². The van der Waals surface area contributed by atoms with Crippen LogP contribution >= 0.6 is 0 Å². The monoisotopic (exact) mass is 356 g/mol. The first-order valence-corrected chi connectivity index (χ1v) is 8.90. The fourth-order valence-corrected chi connectivity index (χ4v) is 3.24. The molecule has 0 bridgehead atoms. The molecule has 0 aliphatic carbocycles. The molecule has 138 valence electrons. The normalized spacial score (nSPS) is 18.5. The molecule has 0 unspecified atom stereocenters. The second kappa shape index (κ2) is 8.78. The Hall–Kier alpha value is -2.44. The van der Waals surface area contributed by atoms with Crippen LogP contribution in [0.5, 0.6) is 0 Å². The van der Waals surface area contributed by atoms with Gasteiger partial charge in [-0.15, -0.1) is 0 Å². The first-order chi connectivity index (χ1) is 12.6. The maximum absolute atomic E-state index is 12.9. The molecule has 1 saturated heterocycles. The average molecular weight is 356 g/mol. The van der Waals surface area contributed by atoms with Gasteiger partial charge in [-0.05, 0) is 36.9 Å². The zero-order chi connectivity index (χ0) is 18.4. The van der Waals surface area contributed by atoms with Crippen LogP contribution in [0.15, 0.2) is 54.6 Å². The van der Waals surface area contributed by atoms with E-state index in [0.717, 1.165) is 26.2 Å². The number of likely N-dealkylation sites (N-methyl/N-ethyl adjacent to an activating group) is 1. The van der Waals surface area contributed by atoms with E-state index in [2.05, 4.69) is 51.7 Å². The number of rotatable bonds is 5. The Morgan fingerprint density at radius 2 is 1.85 bits per heavy atom. The number of hydrogen-bond acceptors (Lipinski definition) is 3. The van der Waals surface area contributed by atoms with Gasteiger partial charge in [-0.3, -0.25) is 4.90 Å². The Labute approximate surface area is 153 Å². The van der Waals surface area contributed by atoms with E-state index in [-0.39, 0.29) is 11.8 Å². The van der Waals surface area contributed by atoms with E-state index in [9.17, 15) is 9.18 Å². The molecule has 1 aliphatic heterocycles. The van der Waals surface area contributed by atoms with Crippen LogP contribution in [0.1, 0.15) is 11.6 Å². The number of nitrogens with zero attached hydrogens (tertiary/aromatic N) is 2. The first kappa shape index (κ1) is 18.4. The van der Waals surface area contributed by atoms with Crippen molar-refractivity contribution >= 4 is 11.7 Å². The predicted molar refractivity (Wildman–Crippen MR) is 102 cm³/mol. The molecule has 1 heterocycles. The van der Waals surface area contributed by atoms with E-state index < -0.39 is 0 Å². The predicted octanol–water partition coefficient (Wildman–Crippen LogP) is 2.94. The molecule has 2 amide bonds. The lowest BCUT2D eigenvalue weighted by molar-refractivity contribution is 0.0913. The van der Waals surface area contributed by atoms with Crippen molar-refractivity contribution in [3.05, 3.63) is 66.0 Å². The maximum atomic E-state index is 12.9. The average Bonchev–Trinajstić information content (AvgIpc) is 2.65. The number of anilines is 1. The zero-order valence-corrected chi connectivity index (χ0v) is 15.0. The van der Waals surface area contributed by atoms with Crippen LogP contribution in [-0.4, -0.2) is 55.6 Å². The number of halogens is 1. The van der Waals surface area contributed by atoms with Crippen LogP contribution in [0.3, 0.4) is 0 Å². The minimum Gasteiger partial charge on any atom is -0.337 e. The van der Waals surface area contributed by atoms with Gasteiger partial charge in [-0.1, -0.05) is 30.3 Å². The minimum absolute atomic E-state index is 0.276. The molecule has 2 aromatic carbocycles. The quantitative estimate of drug-likeness (QED) is 0.866. The molecule has 6 heteroatoms. The van der Waals surface area contributed by atoms with Gasteiger partial charge in [0.05, 0.1) is 0 Å². The summed E-state index contributed by atoms with van der Waals surface area (Å²) in [5, 5.41) is 5.59. The summed E-state index contributed by atoms with van der Waals surface area (Å²) >= 11 is 0. The van der Waals surface area contributed by atoms with E-state index >= 15 is 0 Å². The highest BCUT2D eigenvalue weighted by atomic mass is 19.1. The standard InChI is InChI=1S/C20H25FN4O/c1-24-13-14-25(19(15-24)16-5-3-2-4-6-16)12-11-22-20(26)23-18-9-7-17(21)8-10-18/h2-10,19H,11-15H2,1H3,(H2,22,23,26)/t19-/m0/s1. The minimum atomic E-state index is -0.321. The summed E-state index contributed by atoms with van der Waals surface area (Å²) in [7, 11) is 2.14. The number of carbonyl (C=O) groups is 1. The summed E-state index contributed by atoms with van der Waals surface area (Å²) < 4.78 is 12.9. The summed E-state index contributed by atoms with van der Waals surface area (Å²) in [4.78, 5) is 16.7. The highest BCUT2D eigenvalue weighted by Crippen LogP contribution is 2.24. The topological polar surface area (TPSA) is 47.6 Å². The van der Waals surface area contributed by atoms with Crippen molar-refractivity contribution in [2.45, 2.75) is 6.04 Å². The molecular formula is C20H25FN4O. The zero-order valence-electron chi connectivity index (χ0n) is 15.0. The lowest BCUT2D eigenvalue weighted by atomic mass is 10.0. The molecule has 1 fully saturated rings. The molecule has 1 atom stereocenters. The van der Waals surface area contributed by atoms with E-state index in [1.54, 1.807) is 12.1 Å². The van der Waals surface area contributed by atoms with Crippen molar-refractivity contribution in [2.75, 3.05) is 45.1 Å². The molecule has 0 saturated carbocycles. The van der Waals surface area contributed by atoms with Crippen LogP contribution in [-0.2, 0) is 0 Å². The summed E-state index contributed by atoms with van der Waals surface area (Å²) in [5.41, 5.74) is 1.88. The van der Waals surface area contributed by atoms with Crippen LogP contribution in [0.25, 0.3) is 0 Å². The van der Waals surface area contributed by atoms with E-state index in [1.807, 2.05) is 6.07 Å². The van der Waals surface area contributed by atoms with Gasteiger partial charge in [0.15, 0.2) is 0 Å². The van der Waals surface area contributed by atoms with Crippen molar-refractivity contribution in [2.24, 2.45) is 0 Å². The van der Waals surface area contributed by atoms with Crippen molar-refractivity contribution in [3.63, 3.8) is 0 Å². The van der Waals surface area contributed by atoms with Crippen LogP contribution in [0.2, 0.25) is 0 Å². The number of piperazine rings is 1. The van der Waals surface area contributed by atoms with Crippen LogP contribution in [0.4, 0.5) is 14.9 Å². The molecule has 1 aliphatic rings. The molecule has 3 rings (SSSR count). The van der Waals surface area contributed by atoms with Crippen LogP contribution < -0.4 is 10.6 Å². The Kier molecular flexibility index (Phi) is 6.20. The number of nitrogens with one attached hydrogen (secondary N) is 2. The Morgan fingerprint density at radius 1 is 1.12 bits per heavy atom. The Morgan fingerprint density at radius 3 is 2.58 bits per heavy atom. The third-order valence-electron chi connectivity index (χ3n) is 4.67. The highest BCUT2D eigenvalue weighted by Gasteiger charge is 2.26. The number of carbonyl (C=O) groups excluding carboxylic acids is 1. The lowest BCUT2D eigenvalue weighted by Crippen LogP contribution is -2.49. The number of benzene rings is 2. The fraction of sp³-hybridized carbons (Fsp3) is 0.350. The third-order valence-corrected chi connectivity index (χ3v) is 4.67. The fourth-order valence-electron chi connectivity index (χ4n) is 3.24. The second-order valence-electron chi connectivity index (χ2n) is 6.61. The molecule has 0 aromatic heterocycles. The Bertz CT molecular complexity index is 708. The summed E-state index contributed by atoms with van der Waals surface area (Å²) in [6.07, 6.45) is 0. The smallest absolute Gasteiger partial charge is 0.319 e. The van der Waals surface area contributed by atoms with E-state index in [0.29, 0.717) is 18.3 Å². The Balaban J connectivity index is 1.50. The highest BCUT2D eigenvalue weighted by molar-refractivity contribution is 5.89. The third kappa shape index (κ3) is 5.03. The summed E-state index contributed by atoms with van der Waals surface area (Å²) in [6, 6.07) is 16.3. The van der Waals surface area contributed by atoms with Gasteiger partial charge in [0, 0.05) is 44.5 Å². The van der Waals surface area contributed by atoms with Gasteiger partial charge in [-0.2, -0.15) is 0 Å². The molecule has 5 nitrogen and oxygen atoms in total. The molecule has 26 heavy (non-hydrogen) atoms. The van der Waals surface area contributed by atoms with Crippen molar-refractivity contribution in [3.8, 4) is 0 Å². The molecule has 0 spiro atoms. The summed E-state index contributed by atoms with van der Waals surface area (Å²) in [5.74, 6) is -0.321. The molecule has 2 N–H and O–H groups in total. The van der Waals surface area contributed by atoms with Gasteiger partial charge in [0.1, 0.15) is 5.82 Å². The SMILES string of the molecule is CN1CCN(CCNC(=O)Nc2ccc(F)cc2)[C@H](c2ccccc2)C1. The first-order valence-electron chi connectivity index (χ1n) is 8.90. The summed E-state index contributed by atoms with van der Waals surface area (Å²) in [6.45, 7) is 4.30. The lowest BCUT2D eigenvalue weighted by Gasteiger charge is -2.40. The van der Waals surface area contributed by atoms with E-state index in [1.165, 1.54) is 17.7 Å². The van der Waals surface area contributed by atoms with Gasteiger partial charge in [0.2, 0.25) is 0 Å². The van der Waals surface area contributed by atoms with Gasteiger partial charge in [-0.25, -0.2) is 9.18 Å². The van der Waals surface area contributed by atoms with Crippen molar-refractivity contribution in [1.29, 1.82) is 0 Å². The van der Waals surface area contributed by atoms with Crippen molar-refractivity contribution < 1.29 is 9.18 Å². The van der Waals surface area contributed by atoms with Crippen LogP contribution in [0, 0.1) is 5.82 Å². The molecule has 0 radical (unpaired) electrons. The number of hydrogen-bond donors (Lipinski definition) is 2.